The van der Waals surface area contributed by atoms with E-state index < -0.39 is 5.97 Å². The molecule has 9 heteroatoms. The zero-order valence-electron chi connectivity index (χ0n) is 22.8. The van der Waals surface area contributed by atoms with E-state index in [9.17, 15) is 14.4 Å². The molecule has 1 aliphatic heterocycles. The first-order chi connectivity index (χ1) is 18.6. The first-order valence-corrected chi connectivity index (χ1v) is 14.5. The molecule has 0 bridgehead atoms. The van der Waals surface area contributed by atoms with Gasteiger partial charge in [0.2, 0.25) is 0 Å². The molecule has 0 spiro atoms. The maximum atomic E-state index is 11.9. The molecule has 0 aromatic carbocycles. The van der Waals surface area contributed by atoms with Gasteiger partial charge in [-0.15, -0.1) is 5.06 Å². The normalized spacial score (nSPS) is 23.4. The van der Waals surface area contributed by atoms with Crippen molar-refractivity contribution in [1.29, 1.82) is 0 Å². The lowest BCUT2D eigenvalue weighted by molar-refractivity contribution is -0.187. The minimum atomic E-state index is -0.486. The Hall–Kier alpha value is -2.39. The summed E-state index contributed by atoms with van der Waals surface area (Å²) in [5.41, 5.74) is 0.519. The van der Waals surface area contributed by atoms with Crippen molar-refractivity contribution >= 4 is 18.0 Å². The minimum Gasteiger partial charge on any atom is -0.449 e. The number of ether oxygens (including phenoxy) is 3. The van der Waals surface area contributed by atoms with Gasteiger partial charge in [0.05, 0.1) is 25.3 Å². The number of carbonyl (C=O) groups excluding carboxylic acids is 3. The highest BCUT2D eigenvalue weighted by molar-refractivity contribution is 5.82. The third-order valence-corrected chi connectivity index (χ3v) is 7.51. The lowest BCUT2D eigenvalue weighted by Gasteiger charge is -2.15. The van der Waals surface area contributed by atoms with Gasteiger partial charge in [-0.3, -0.25) is 4.79 Å². The summed E-state index contributed by atoms with van der Waals surface area (Å²) in [5.74, 6) is 1.35. The lowest BCUT2D eigenvalue weighted by Crippen LogP contribution is -2.27. The number of rotatable bonds is 18. The zero-order valence-corrected chi connectivity index (χ0v) is 22.8. The molecule has 1 saturated carbocycles. The maximum Gasteiger partial charge on any atom is 0.407 e. The van der Waals surface area contributed by atoms with E-state index in [2.05, 4.69) is 24.0 Å². The number of alkyl carbamates (subject to hydrolysis) is 1. The van der Waals surface area contributed by atoms with Crippen LogP contribution in [0.25, 0.3) is 0 Å². The molecule has 214 valence electrons. The zero-order chi connectivity index (χ0) is 27.0. The van der Waals surface area contributed by atoms with Crippen LogP contribution in [0.15, 0.2) is 24.4 Å². The van der Waals surface area contributed by atoms with Crippen LogP contribution in [0.2, 0.25) is 0 Å². The molecule has 2 atom stereocenters. The van der Waals surface area contributed by atoms with Crippen LogP contribution in [0.3, 0.4) is 0 Å². The molecular weight excluding hydrogens is 488 g/mol. The largest absolute Gasteiger partial charge is 0.449 e. The Bertz CT molecular complexity index is 768. The first kappa shape index (κ1) is 30.2. The van der Waals surface area contributed by atoms with Gasteiger partial charge in [-0.25, -0.2) is 9.59 Å². The summed E-state index contributed by atoms with van der Waals surface area (Å²) in [6.45, 7) is 7.23. The molecule has 3 rings (SSSR count). The van der Waals surface area contributed by atoms with E-state index in [-0.39, 0.29) is 25.0 Å². The molecule has 38 heavy (non-hydrogen) atoms. The number of hydroxylamine groups is 2. The predicted molar refractivity (Wildman–Crippen MR) is 143 cm³/mol. The standard InChI is InChI=1S/C29H46N2O7/c1-23-14-15-27(32)31(23)38-28(33)16-21-36-20-11-5-10-19-35-18-9-4-8-17-30-29(34)37-22-26-24-12-6-2-3-7-13-25(24)26/h2-3,24-26H,1,4-22H2,(H,30,34)/b3-2-. The van der Waals surface area contributed by atoms with E-state index in [1.165, 1.54) is 12.8 Å². The van der Waals surface area contributed by atoms with Crippen LogP contribution in [0.4, 0.5) is 4.79 Å². The molecule has 1 saturated heterocycles. The summed E-state index contributed by atoms with van der Waals surface area (Å²) in [6.07, 6.45) is 15.8. The van der Waals surface area contributed by atoms with Gasteiger partial charge in [0.1, 0.15) is 0 Å². The van der Waals surface area contributed by atoms with Crippen LogP contribution in [-0.4, -0.2) is 62.6 Å². The average Bonchev–Trinajstić information content (AvgIpc) is 3.44. The monoisotopic (exact) mass is 534 g/mol. The summed E-state index contributed by atoms with van der Waals surface area (Å²) in [6, 6.07) is 0. The van der Waals surface area contributed by atoms with Crippen molar-refractivity contribution in [2.24, 2.45) is 17.8 Å². The summed E-state index contributed by atoms with van der Waals surface area (Å²) < 4.78 is 16.6. The second-order valence-electron chi connectivity index (χ2n) is 10.5. The van der Waals surface area contributed by atoms with Gasteiger partial charge in [-0.1, -0.05) is 18.7 Å². The molecule has 2 aliphatic carbocycles. The van der Waals surface area contributed by atoms with Crippen LogP contribution in [0, 0.1) is 17.8 Å². The number of fused-ring (bicyclic) bond motifs is 1. The van der Waals surface area contributed by atoms with Crippen molar-refractivity contribution in [3.05, 3.63) is 24.4 Å². The lowest BCUT2D eigenvalue weighted by atomic mass is 10.1. The molecule has 0 aromatic rings. The molecule has 9 nitrogen and oxygen atoms in total. The number of allylic oxidation sites excluding steroid dienone is 3. The summed E-state index contributed by atoms with van der Waals surface area (Å²) in [5, 5.41) is 3.86. The maximum absolute atomic E-state index is 11.9. The van der Waals surface area contributed by atoms with Crippen LogP contribution in [-0.2, 0) is 28.6 Å². The van der Waals surface area contributed by atoms with Crippen LogP contribution in [0.1, 0.15) is 83.5 Å². The van der Waals surface area contributed by atoms with Crippen molar-refractivity contribution in [3.8, 4) is 0 Å². The Kier molecular flexibility index (Phi) is 13.7. The van der Waals surface area contributed by atoms with E-state index >= 15 is 0 Å². The summed E-state index contributed by atoms with van der Waals surface area (Å²) in [4.78, 5) is 40.3. The average molecular weight is 535 g/mol. The van der Waals surface area contributed by atoms with Gasteiger partial charge >= 0.3 is 12.1 Å². The number of unbranched alkanes of at least 4 members (excludes halogenated alkanes) is 4. The van der Waals surface area contributed by atoms with E-state index in [0.29, 0.717) is 44.2 Å². The number of nitrogens with one attached hydrogen (secondary N) is 1. The minimum absolute atomic E-state index is 0.107. The molecule has 0 radical (unpaired) electrons. The van der Waals surface area contributed by atoms with Crippen molar-refractivity contribution in [3.63, 3.8) is 0 Å². The number of hydrogen-bond donors (Lipinski definition) is 1. The molecule has 0 aromatic heterocycles. The van der Waals surface area contributed by atoms with Crippen molar-refractivity contribution in [2.75, 3.05) is 39.6 Å². The summed E-state index contributed by atoms with van der Waals surface area (Å²) >= 11 is 0. The van der Waals surface area contributed by atoms with Gasteiger partial charge in [0.15, 0.2) is 0 Å². The van der Waals surface area contributed by atoms with Crippen LogP contribution >= 0.6 is 0 Å². The predicted octanol–water partition coefficient (Wildman–Crippen LogP) is 5.06. The second-order valence-corrected chi connectivity index (χ2v) is 10.5. The van der Waals surface area contributed by atoms with Gasteiger partial charge < -0.3 is 24.4 Å². The Morgan fingerprint density at radius 2 is 1.53 bits per heavy atom. The van der Waals surface area contributed by atoms with Gasteiger partial charge in [0.25, 0.3) is 5.91 Å². The highest BCUT2D eigenvalue weighted by Gasteiger charge is 2.49. The summed E-state index contributed by atoms with van der Waals surface area (Å²) in [7, 11) is 0. The first-order valence-electron chi connectivity index (χ1n) is 14.5. The third-order valence-electron chi connectivity index (χ3n) is 7.51. The molecular formula is C29H46N2O7. The third kappa shape index (κ3) is 11.2. The Labute approximate surface area is 227 Å². The SMILES string of the molecule is C=C1CCC(=O)N1OC(=O)CCOCCCCCOCCCCCNC(=O)OCC1C2CC/C=C\CCC21. The fraction of sp³-hybridized carbons (Fsp3) is 0.759. The highest BCUT2D eigenvalue weighted by Crippen LogP contribution is 2.52. The van der Waals surface area contributed by atoms with Crippen LogP contribution in [0.5, 0.6) is 0 Å². The Morgan fingerprint density at radius 1 is 0.895 bits per heavy atom. The fourth-order valence-electron chi connectivity index (χ4n) is 5.20. The number of hydrogen-bond acceptors (Lipinski definition) is 7. The smallest absolute Gasteiger partial charge is 0.407 e. The van der Waals surface area contributed by atoms with Crippen molar-refractivity contribution in [2.45, 2.75) is 83.5 Å². The fourth-order valence-corrected chi connectivity index (χ4v) is 5.20. The topological polar surface area (TPSA) is 103 Å². The van der Waals surface area contributed by atoms with E-state index in [4.69, 9.17) is 19.0 Å². The molecule has 3 aliphatic rings. The Balaban J connectivity index is 1.01. The van der Waals surface area contributed by atoms with Crippen molar-refractivity contribution in [1.82, 2.24) is 10.4 Å². The number of nitrogens with zero attached hydrogens (tertiary/aromatic N) is 1. The second kappa shape index (κ2) is 17.2. The molecule has 1 heterocycles. The number of amides is 2. The molecule has 2 fully saturated rings. The van der Waals surface area contributed by atoms with Gasteiger partial charge in [-0.2, -0.15) is 0 Å². The quantitative estimate of drug-likeness (QED) is 0.194. The highest BCUT2D eigenvalue weighted by atomic mass is 16.7. The molecule has 1 N–H and O–H groups in total. The van der Waals surface area contributed by atoms with E-state index in [1.807, 2.05) is 0 Å². The Morgan fingerprint density at radius 3 is 2.16 bits per heavy atom. The van der Waals surface area contributed by atoms with Gasteiger partial charge in [-0.05, 0) is 88.4 Å². The molecule has 2 unspecified atom stereocenters. The van der Waals surface area contributed by atoms with Crippen LogP contribution < -0.4 is 5.32 Å². The van der Waals surface area contributed by atoms with Crippen molar-refractivity contribution < 1.29 is 33.4 Å². The molecule has 2 amide bonds. The van der Waals surface area contributed by atoms with E-state index in [0.717, 1.165) is 81.5 Å². The van der Waals surface area contributed by atoms with Gasteiger partial charge in [0, 0.05) is 32.8 Å². The van der Waals surface area contributed by atoms with E-state index in [1.54, 1.807) is 0 Å². The number of carbonyl (C=O) groups is 3.